The molecule has 1 fully saturated rings. The molecule has 1 amide bonds. The molecule has 0 aromatic carbocycles. The molecule has 1 aliphatic rings. The first-order chi connectivity index (χ1) is 7.79. The van der Waals surface area contributed by atoms with E-state index in [1.807, 2.05) is 6.92 Å². The topological polar surface area (TPSA) is 58.4 Å². The molecule has 1 heterocycles. The Morgan fingerprint density at radius 3 is 2.47 bits per heavy atom. The van der Waals surface area contributed by atoms with Gasteiger partial charge >= 0.3 is 0 Å². The van der Waals surface area contributed by atoms with Gasteiger partial charge in [0.05, 0.1) is 6.04 Å². The van der Waals surface area contributed by atoms with Crippen molar-refractivity contribution in [3.05, 3.63) is 0 Å². The molecule has 1 rings (SSSR count). The average Bonchev–Trinajstić information content (AvgIpc) is 2.62. The number of likely N-dealkylation sites (N-methyl/N-ethyl adjacent to an activating group) is 1. The van der Waals surface area contributed by atoms with Gasteiger partial charge in [-0.2, -0.15) is 0 Å². The zero-order valence-corrected chi connectivity index (χ0v) is 11.8. The largest absolute Gasteiger partial charge is 0.358 e. The minimum absolute atomic E-state index is 0.00442. The number of carbonyl (C=O) groups is 1. The number of nitrogens with two attached hydrogens (primary N) is 1. The van der Waals surface area contributed by atoms with Gasteiger partial charge in [-0.15, -0.1) is 0 Å². The van der Waals surface area contributed by atoms with E-state index >= 15 is 0 Å². The number of hydrogen-bond donors (Lipinski definition) is 2. The highest BCUT2D eigenvalue weighted by Gasteiger charge is 2.41. The van der Waals surface area contributed by atoms with E-state index in [-0.39, 0.29) is 29.4 Å². The summed E-state index contributed by atoms with van der Waals surface area (Å²) < 4.78 is 0. The Morgan fingerprint density at radius 1 is 1.47 bits per heavy atom. The Bertz CT molecular complexity index is 270. The van der Waals surface area contributed by atoms with Gasteiger partial charge in [0.2, 0.25) is 5.91 Å². The number of rotatable bonds is 3. The number of nitrogens with one attached hydrogen (secondary N) is 1. The van der Waals surface area contributed by atoms with E-state index in [4.69, 9.17) is 5.73 Å². The predicted molar refractivity (Wildman–Crippen MR) is 70.7 cm³/mol. The quantitative estimate of drug-likeness (QED) is 0.774. The van der Waals surface area contributed by atoms with E-state index in [9.17, 15) is 4.79 Å². The van der Waals surface area contributed by atoms with Gasteiger partial charge in [0.15, 0.2) is 0 Å². The zero-order chi connectivity index (χ0) is 13.2. The molecule has 0 spiro atoms. The number of amides is 1. The number of carbonyl (C=O) groups excluding carboxylic acids is 1. The Morgan fingerprint density at radius 2 is 2.06 bits per heavy atom. The minimum Gasteiger partial charge on any atom is -0.358 e. The van der Waals surface area contributed by atoms with Crippen LogP contribution in [0.15, 0.2) is 0 Å². The van der Waals surface area contributed by atoms with Crippen LogP contribution < -0.4 is 11.1 Å². The normalized spacial score (nSPS) is 25.6. The van der Waals surface area contributed by atoms with Crippen LogP contribution in [0.4, 0.5) is 0 Å². The van der Waals surface area contributed by atoms with Crippen LogP contribution in [0, 0.1) is 5.41 Å². The molecule has 17 heavy (non-hydrogen) atoms. The van der Waals surface area contributed by atoms with E-state index < -0.39 is 0 Å². The predicted octanol–water partition coefficient (Wildman–Crippen LogP) is 0.959. The lowest BCUT2D eigenvalue weighted by Gasteiger charge is -2.43. The van der Waals surface area contributed by atoms with Crippen LogP contribution in [0.1, 0.15) is 40.5 Å². The molecule has 0 saturated carbocycles. The minimum atomic E-state index is -0.00442. The van der Waals surface area contributed by atoms with Gasteiger partial charge < -0.3 is 11.1 Å². The number of hydrogen-bond acceptors (Lipinski definition) is 3. The summed E-state index contributed by atoms with van der Waals surface area (Å²) in [5.74, 6) is 0.123. The first-order valence-electron chi connectivity index (χ1n) is 6.52. The van der Waals surface area contributed by atoms with E-state index in [1.54, 1.807) is 7.05 Å². The van der Waals surface area contributed by atoms with Crippen LogP contribution in [-0.4, -0.2) is 42.5 Å². The maximum absolute atomic E-state index is 11.9. The fraction of sp³-hybridized carbons (Fsp3) is 0.923. The van der Waals surface area contributed by atoms with Crippen molar-refractivity contribution in [3.63, 3.8) is 0 Å². The number of likely N-dealkylation sites (tertiary alicyclic amines) is 1. The molecule has 0 radical (unpaired) electrons. The standard InChI is InChI=1S/C13H27N3O/c1-9(14)11(13(2,3)4)16-8-6-7-10(16)12(17)15-5/h9-11H,6-8,14H2,1-5H3,(H,15,17). The van der Waals surface area contributed by atoms with Gasteiger partial charge in [-0.3, -0.25) is 9.69 Å². The van der Waals surface area contributed by atoms with Crippen molar-refractivity contribution in [1.29, 1.82) is 0 Å². The van der Waals surface area contributed by atoms with Gasteiger partial charge in [0.25, 0.3) is 0 Å². The first-order valence-corrected chi connectivity index (χ1v) is 6.52. The molecule has 3 N–H and O–H groups in total. The van der Waals surface area contributed by atoms with E-state index in [2.05, 4.69) is 31.0 Å². The SMILES string of the molecule is CNC(=O)C1CCCN1C(C(C)N)C(C)(C)C. The maximum Gasteiger partial charge on any atom is 0.237 e. The monoisotopic (exact) mass is 241 g/mol. The molecular formula is C13H27N3O. The number of nitrogens with zero attached hydrogens (tertiary/aromatic N) is 1. The second-order valence-electron chi connectivity index (χ2n) is 6.18. The van der Waals surface area contributed by atoms with Crippen molar-refractivity contribution < 1.29 is 4.79 Å². The van der Waals surface area contributed by atoms with Crippen LogP contribution in [-0.2, 0) is 4.79 Å². The molecule has 1 saturated heterocycles. The fourth-order valence-corrected chi connectivity index (χ4v) is 3.16. The van der Waals surface area contributed by atoms with Gasteiger partial charge in [-0.25, -0.2) is 0 Å². The van der Waals surface area contributed by atoms with Gasteiger partial charge in [0, 0.05) is 19.1 Å². The third-order valence-corrected chi connectivity index (χ3v) is 3.59. The molecule has 0 aliphatic carbocycles. The molecule has 4 nitrogen and oxygen atoms in total. The van der Waals surface area contributed by atoms with Crippen molar-refractivity contribution in [2.24, 2.45) is 11.1 Å². The van der Waals surface area contributed by atoms with Gasteiger partial charge in [0.1, 0.15) is 0 Å². The van der Waals surface area contributed by atoms with Crippen molar-refractivity contribution in [2.75, 3.05) is 13.6 Å². The summed E-state index contributed by atoms with van der Waals surface area (Å²) in [6, 6.07) is 0.308. The second kappa shape index (κ2) is 5.36. The van der Waals surface area contributed by atoms with Crippen LogP contribution in [0.3, 0.4) is 0 Å². The molecule has 0 aromatic heterocycles. The van der Waals surface area contributed by atoms with E-state index in [1.165, 1.54) is 0 Å². The molecular weight excluding hydrogens is 214 g/mol. The third kappa shape index (κ3) is 3.19. The Hall–Kier alpha value is -0.610. The van der Waals surface area contributed by atoms with Gasteiger partial charge in [-0.1, -0.05) is 20.8 Å². The Labute approximate surface area is 105 Å². The lowest BCUT2D eigenvalue weighted by Crippen LogP contribution is -2.57. The highest BCUT2D eigenvalue weighted by atomic mass is 16.2. The maximum atomic E-state index is 11.9. The fourth-order valence-electron chi connectivity index (χ4n) is 3.16. The highest BCUT2D eigenvalue weighted by Crippen LogP contribution is 2.32. The summed E-state index contributed by atoms with van der Waals surface area (Å²) in [6.45, 7) is 9.59. The molecule has 0 bridgehead atoms. The average molecular weight is 241 g/mol. The smallest absolute Gasteiger partial charge is 0.237 e. The van der Waals surface area contributed by atoms with E-state index in [0.29, 0.717) is 0 Å². The molecule has 4 heteroatoms. The zero-order valence-electron chi connectivity index (χ0n) is 11.8. The lowest BCUT2D eigenvalue weighted by molar-refractivity contribution is -0.126. The summed E-state index contributed by atoms with van der Waals surface area (Å²) >= 11 is 0. The highest BCUT2D eigenvalue weighted by molar-refractivity contribution is 5.81. The van der Waals surface area contributed by atoms with Crippen molar-refractivity contribution in [3.8, 4) is 0 Å². The lowest BCUT2D eigenvalue weighted by atomic mass is 9.81. The van der Waals surface area contributed by atoms with Crippen LogP contribution in [0.25, 0.3) is 0 Å². The summed E-state index contributed by atoms with van der Waals surface area (Å²) in [6.07, 6.45) is 2.02. The van der Waals surface area contributed by atoms with Gasteiger partial charge in [-0.05, 0) is 31.7 Å². The summed E-state index contributed by atoms with van der Waals surface area (Å²) in [5, 5.41) is 2.76. The van der Waals surface area contributed by atoms with Crippen LogP contribution >= 0.6 is 0 Å². The summed E-state index contributed by atoms with van der Waals surface area (Å²) in [7, 11) is 1.71. The summed E-state index contributed by atoms with van der Waals surface area (Å²) in [4.78, 5) is 14.2. The van der Waals surface area contributed by atoms with Crippen LogP contribution in [0.5, 0.6) is 0 Å². The Kier molecular flexibility index (Phi) is 4.55. The van der Waals surface area contributed by atoms with Crippen molar-refractivity contribution >= 4 is 5.91 Å². The molecule has 100 valence electrons. The van der Waals surface area contributed by atoms with E-state index in [0.717, 1.165) is 19.4 Å². The third-order valence-electron chi connectivity index (χ3n) is 3.59. The Balaban J connectivity index is 2.90. The molecule has 1 aliphatic heterocycles. The first kappa shape index (κ1) is 14.5. The molecule has 3 atom stereocenters. The van der Waals surface area contributed by atoms with Crippen molar-refractivity contribution in [2.45, 2.75) is 58.7 Å². The summed E-state index contributed by atoms with van der Waals surface area (Å²) in [5.41, 5.74) is 6.22. The molecule has 0 aromatic rings. The molecule has 3 unspecified atom stereocenters. The van der Waals surface area contributed by atoms with Crippen LogP contribution in [0.2, 0.25) is 0 Å². The second-order valence-corrected chi connectivity index (χ2v) is 6.18. The van der Waals surface area contributed by atoms with Crippen molar-refractivity contribution in [1.82, 2.24) is 10.2 Å².